The van der Waals surface area contributed by atoms with Crippen LogP contribution in [0, 0.1) is 0 Å². The number of hydrogen-bond acceptors (Lipinski definition) is 7. The summed E-state index contributed by atoms with van der Waals surface area (Å²) < 4.78 is 13.0. The average molecular weight is 441 g/mol. The highest BCUT2D eigenvalue weighted by Crippen LogP contribution is 2.35. The molecule has 30 heavy (non-hydrogen) atoms. The summed E-state index contributed by atoms with van der Waals surface area (Å²) in [6, 6.07) is 8.66. The van der Waals surface area contributed by atoms with Crippen LogP contribution in [0.1, 0.15) is 31.0 Å². The quantitative estimate of drug-likeness (QED) is 0.572. The number of carbonyl (C=O) groups is 1. The van der Waals surface area contributed by atoms with E-state index in [1.165, 1.54) is 11.3 Å². The summed E-state index contributed by atoms with van der Waals surface area (Å²) in [4.78, 5) is 31.4. The number of nitrogens with zero attached hydrogens (tertiary/aromatic N) is 2. The zero-order valence-corrected chi connectivity index (χ0v) is 18.4. The van der Waals surface area contributed by atoms with Crippen molar-refractivity contribution in [2.75, 3.05) is 13.7 Å². The molecule has 3 heterocycles. The second kappa shape index (κ2) is 8.41. The van der Waals surface area contributed by atoms with Crippen LogP contribution in [0.4, 0.5) is 0 Å². The van der Waals surface area contributed by atoms with Crippen LogP contribution in [0.5, 0.6) is 5.75 Å². The number of carbonyl (C=O) groups excluding carboxylic acids is 1. The van der Waals surface area contributed by atoms with E-state index in [1.54, 1.807) is 36.9 Å². The number of fused-ring (bicyclic) bond motifs is 1. The van der Waals surface area contributed by atoms with Gasteiger partial charge in [0, 0.05) is 5.56 Å². The van der Waals surface area contributed by atoms with Crippen LogP contribution in [0.2, 0.25) is 0 Å². The van der Waals surface area contributed by atoms with Crippen molar-refractivity contribution < 1.29 is 14.3 Å². The highest BCUT2D eigenvalue weighted by atomic mass is 32.1. The Balaban J connectivity index is 2.01. The lowest BCUT2D eigenvalue weighted by Gasteiger charge is -2.25. The van der Waals surface area contributed by atoms with Gasteiger partial charge in [-0.15, -0.1) is 0 Å². The van der Waals surface area contributed by atoms with E-state index in [1.807, 2.05) is 47.2 Å². The molecule has 1 aliphatic heterocycles. The lowest BCUT2D eigenvalue weighted by molar-refractivity contribution is -0.139. The molecule has 3 aromatic rings. The van der Waals surface area contributed by atoms with Crippen molar-refractivity contribution in [2.45, 2.75) is 19.9 Å². The molecule has 1 aliphatic rings. The number of para-hydroxylation sites is 1. The van der Waals surface area contributed by atoms with Gasteiger partial charge >= 0.3 is 5.97 Å². The molecule has 4 rings (SSSR count). The summed E-state index contributed by atoms with van der Waals surface area (Å²) in [5.74, 6) is 0.105. The van der Waals surface area contributed by atoms with E-state index in [4.69, 9.17) is 9.47 Å². The van der Waals surface area contributed by atoms with Crippen molar-refractivity contribution in [2.24, 2.45) is 4.99 Å². The molecular weight excluding hydrogens is 420 g/mol. The van der Waals surface area contributed by atoms with Crippen LogP contribution >= 0.6 is 22.7 Å². The van der Waals surface area contributed by atoms with Gasteiger partial charge in [-0.1, -0.05) is 29.5 Å². The molecule has 0 spiro atoms. The van der Waals surface area contributed by atoms with Crippen molar-refractivity contribution in [3.63, 3.8) is 0 Å². The maximum Gasteiger partial charge on any atom is 0.338 e. The molecule has 154 valence electrons. The molecule has 2 aromatic heterocycles. The largest absolute Gasteiger partial charge is 0.496 e. The van der Waals surface area contributed by atoms with E-state index in [-0.39, 0.29) is 12.2 Å². The molecule has 0 bridgehead atoms. The minimum atomic E-state index is -0.680. The molecule has 0 amide bonds. The fraction of sp³-hybridized carbons (Fsp3) is 0.227. The topological polar surface area (TPSA) is 69.9 Å². The minimum absolute atomic E-state index is 0.199. The van der Waals surface area contributed by atoms with E-state index in [0.717, 1.165) is 5.56 Å². The molecule has 0 saturated carbocycles. The summed E-state index contributed by atoms with van der Waals surface area (Å²) in [7, 11) is 1.57. The summed E-state index contributed by atoms with van der Waals surface area (Å²) in [5.41, 5.74) is 2.35. The number of thiophene rings is 1. The lowest BCUT2D eigenvalue weighted by Crippen LogP contribution is -2.40. The summed E-state index contributed by atoms with van der Waals surface area (Å²) in [6.45, 7) is 3.75. The molecular formula is C22H20N2O4S2. The van der Waals surface area contributed by atoms with Crippen LogP contribution in [-0.4, -0.2) is 24.3 Å². The zero-order valence-electron chi connectivity index (χ0n) is 16.7. The first-order chi connectivity index (χ1) is 14.5. The smallest absolute Gasteiger partial charge is 0.338 e. The van der Waals surface area contributed by atoms with Crippen LogP contribution in [-0.2, 0) is 9.53 Å². The van der Waals surface area contributed by atoms with Crippen molar-refractivity contribution in [1.82, 2.24) is 4.57 Å². The van der Waals surface area contributed by atoms with E-state index < -0.39 is 12.0 Å². The molecule has 1 aromatic carbocycles. The Hall–Kier alpha value is -2.97. The Morgan fingerprint density at radius 1 is 1.30 bits per heavy atom. The van der Waals surface area contributed by atoms with Crippen LogP contribution in [0.3, 0.4) is 0 Å². The SMILES string of the molecule is CCOC(=O)C1=C(C)N=c2s/c(=C/c3ccsc3)c(=O)n2[C@H]1c1ccccc1OC. The standard InChI is InChI=1S/C22H20N2O4S2/c1-4-28-21(26)18-13(2)23-22-24(19(18)15-7-5-6-8-16(15)27-3)20(25)17(30-22)11-14-9-10-29-12-14/h5-12,19H,4H2,1-3H3/b17-11+/t19-/m0/s1. The molecule has 6 nitrogen and oxygen atoms in total. The van der Waals surface area contributed by atoms with Crippen LogP contribution < -0.4 is 19.6 Å². The molecule has 8 heteroatoms. The molecule has 0 radical (unpaired) electrons. The predicted octanol–water partition coefficient (Wildman–Crippen LogP) is 2.87. The van der Waals surface area contributed by atoms with E-state index >= 15 is 0 Å². The van der Waals surface area contributed by atoms with Crippen molar-refractivity contribution in [3.05, 3.63) is 83.2 Å². The number of ether oxygens (including phenoxy) is 2. The molecule has 0 N–H and O–H groups in total. The Kier molecular flexibility index (Phi) is 5.69. The minimum Gasteiger partial charge on any atom is -0.496 e. The first-order valence-electron chi connectivity index (χ1n) is 9.40. The summed E-state index contributed by atoms with van der Waals surface area (Å²) >= 11 is 2.88. The van der Waals surface area contributed by atoms with Gasteiger partial charge in [-0.05, 0) is 48.4 Å². The number of allylic oxidation sites excluding steroid dienone is 1. The Morgan fingerprint density at radius 2 is 2.10 bits per heavy atom. The molecule has 0 unspecified atom stereocenters. The van der Waals surface area contributed by atoms with Crippen molar-refractivity contribution in [1.29, 1.82) is 0 Å². The summed E-state index contributed by atoms with van der Waals surface area (Å²) in [6.07, 6.45) is 1.85. The van der Waals surface area contributed by atoms with Gasteiger partial charge in [0.2, 0.25) is 0 Å². The van der Waals surface area contributed by atoms with Gasteiger partial charge in [-0.2, -0.15) is 11.3 Å². The average Bonchev–Trinajstić information content (AvgIpc) is 3.35. The fourth-order valence-electron chi connectivity index (χ4n) is 3.49. The Bertz CT molecular complexity index is 1300. The monoisotopic (exact) mass is 440 g/mol. The normalized spacial score (nSPS) is 16.2. The maximum atomic E-state index is 13.4. The van der Waals surface area contributed by atoms with Gasteiger partial charge in [0.25, 0.3) is 5.56 Å². The lowest BCUT2D eigenvalue weighted by atomic mass is 9.95. The number of aromatic nitrogens is 1. The highest BCUT2D eigenvalue weighted by Gasteiger charge is 2.34. The number of rotatable bonds is 5. The first-order valence-corrected chi connectivity index (χ1v) is 11.2. The molecule has 0 aliphatic carbocycles. The number of hydrogen-bond donors (Lipinski definition) is 0. The van der Waals surface area contributed by atoms with Crippen LogP contribution in [0.15, 0.2) is 62.1 Å². The third-order valence-electron chi connectivity index (χ3n) is 4.79. The molecule has 0 saturated heterocycles. The van der Waals surface area contributed by atoms with Crippen molar-refractivity contribution in [3.8, 4) is 5.75 Å². The molecule has 1 atom stereocenters. The van der Waals surface area contributed by atoms with E-state index in [9.17, 15) is 9.59 Å². The molecule has 0 fully saturated rings. The Labute approximate surface area is 181 Å². The maximum absolute atomic E-state index is 13.4. The number of methoxy groups -OCH3 is 1. The number of esters is 1. The van der Waals surface area contributed by atoms with Crippen molar-refractivity contribution >= 4 is 34.7 Å². The van der Waals surface area contributed by atoms with Gasteiger partial charge in [0.05, 0.1) is 29.5 Å². The van der Waals surface area contributed by atoms with Gasteiger partial charge in [-0.25, -0.2) is 9.79 Å². The van der Waals surface area contributed by atoms with E-state index in [2.05, 4.69) is 4.99 Å². The fourth-order valence-corrected chi connectivity index (χ4v) is 5.15. The Morgan fingerprint density at radius 3 is 2.80 bits per heavy atom. The van der Waals surface area contributed by atoms with E-state index in [0.29, 0.717) is 31.9 Å². The second-order valence-electron chi connectivity index (χ2n) is 6.60. The third-order valence-corrected chi connectivity index (χ3v) is 6.48. The first kappa shape index (κ1) is 20.3. The van der Waals surface area contributed by atoms with Gasteiger partial charge in [0.15, 0.2) is 4.80 Å². The van der Waals surface area contributed by atoms with Gasteiger partial charge < -0.3 is 9.47 Å². The highest BCUT2D eigenvalue weighted by molar-refractivity contribution is 7.08. The second-order valence-corrected chi connectivity index (χ2v) is 8.39. The predicted molar refractivity (Wildman–Crippen MR) is 118 cm³/mol. The zero-order chi connectivity index (χ0) is 21.3. The van der Waals surface area contributed by atoms with Gasteiger partial charge in [0.1, 0.15) is 11.8 Å². The van der Waals surface area contributed by atoms with Crippen LogP contribution in [0.25, 0.3) is 6.08 Å². The summed E-state index contributed by atoms with van der Waals surface area (Å²) in [5, 5.41) is 3.94. The number of benzene rings is 1. The van der Waals surface area contributed by atoms with Gasteiger partial charge in [-0.3, -0.25) is 9.36 Å². The third kappa shape index (κ3) is 3.53. The number of thiazole rings is 1.